The van der Waals surface area contributed by atoms with Crippen LogP contribution >= 0.6 is 0 Å². The summed E-state index contributed by atoms with van der Waals surface area (Å²) in [5.41, 5.74) is 0. The minimum absolute atomic E-state index is 0.914. The topological polar surface area (TPSA) is 12.0 Å². The molecule has 2 saturated carbocycles. The first-order valence-corrected chi connectivity index (χ1v) is 3.94. The van der Waals surface area contributed by atoms with Crippen molar-refractivity contribution in [1.82, 2.24) is 5.32 Å². The van der Waals surface area contributed by atoms with Crippen LogP contribution in [0.4, 0.5) is 0 Å². The number of nitrogens with one attached hydrogen (secondary N) is 1. The maximum absolute atomic E-state index is 3.32. The van der Waals surface area contributed by atoms with Gasteiger partial charge in [0.1, 0.15) is 0 Å². The van der Waals surface area contributed by atoms with Crippen LogP contribution < -0.4 is 5.32 Å². The predicted molar refractivity (Wildman–Crippen MR) is 38.2 cm³/mol. The SMILES string of the molecule is CNC1C2C(C(C)C)C12. The molecule has 0 bridgehead atoms. The van der Waals surface area contributed by atoms with Gasteiger partial charge in [0.15, 0.2) is 0 Å². The molecule has 52 valence electrons. The average Bonchev–Trinajstić information content (AvgIpc) is 2.47. The molecule has 0 saturated heterocycles. The van der Waals surface area contributed by atoms with Crippen molar-refractivity contribution in [2.45, 2.75) is 19.9 Å². The van der Waals surface area contributed by atoms with E-state index in [9.17, 15) is 0 Å². The highest BCUT2D eigenvalue weighted by Crippen LogP contribution is 2.70. The largest absolute Gasteiger partial charge is 0.316 e. The van der Waals surface area contributed by atoms with Gasteiger partial charge in [0.05, 0.1) is 0 Å². The van der Waals surface area contributed by atoms with Gasteiger partial charge in [-0.1, -0.05) is 13.8 Å². The van der Waals surface area contributed by atoms with E-state index in [0.717, 1.165) is 29.7 Å². The summed E-state index contributed by atoms with van der Waals surface area (Å²) >= 11 is 0. The highest BCUT2D eigenvalue weighted by molar-refractivity contribution is 5.24. The minimum Gasteiger partial charge on any atom is -0.316 e. The van der Waals surface area contributed by atoms with Crippen molar-refractivity contribution in [3.8, 4) is 0 Å². The Hall–Kier alpha value is -0.0400. The van der Waals surface area contributed by atoms with Crippen molar-refractivity contribution in [3.63, 3.8) is 0 Å². The second kappa shape index (κ2) is 1.51. The summed E-state index contributed by atoms with van der Waals surface area (Å²) in [6.45, 7) is 4.67. The van der Waals surface area contributed by atoms with Gasteiger partial charge >= 0.3 is 0 Å². The molecule has 0 radical (unpaired) electrons. The monoisotopic (exact) mass is 125 g/mol. The van der Waals surface area contributed by atoms with Gasteiger partial charge in [0.2, 0.25) is 0 Å². The van der Waals surface area contributed by atoms with Crippen molar-refractivity contribution in [2.24, 2.45) is 23.7 Å². The quantitative estimate of drug-likeness (QED) is 0.583. The van der Waals surface area contributed by atoms with E-state index in [1.807, 2.05) is 0 Å². The van der Waals surface area contributed by atoms with Crippen molar-refractivity contribution in [1.29, 1.82) is 0 Å². The maximum atomic E-state index is 3.32. The maximum Gasteiger partial charge on any atom is 0.0133 e. The molecule has 2 aliphatic carbocycles. The smallest absolute Gasteiger partial charge is 0.0133 e. The fraction of sp³-hybridized carbons (Fsp3) is 1.00. The highest BCUT2D eigenvalue weighted by atomic mass is 15.0. The van der Waals surface area contributed by atoms with Gasteiger partial charge in [-0.15, -0.1) is 0 Å². The standard InChI is InChI=1S/C8H15N/c1-4(2)5-6-7(5)8(6)9-3/h4-9H,1-3H3. The van der Waals surface area contributed by atoms with E-state index in [4.69, 9.17) is 0 Å². The lowest BCUT2D eigenvalue weighted by atomic mass is 9.99. The van der Waals surface area contributed by atoms with E-state index >= 15 is 0 Å². The Morgan fingerprint density at radius 1 is 1.22 bits per heavy atom. The molecule has 2 fully saturated rings. The van der Waals surface area contributed by atoms with Crippen LogP contribution in [0.5, 0.6) is 0 Å². The zero-order valence-electron chi connectivity index (χ0n) is 6.39. The number of hydrogen-bond donors (Lipinski definition) is 1. The molecule has 0 aromatic carbocycles. The molecular weight excluding hydrogens is 110 g/mol. The first-order chi connectivity index (χ1) is 4.27. The Bertz CT molecular complexity index is 121. The summed E-state index contributed by atoms with van der Waals surface area (Å²) in [6, 6.07) is 0.914. The summed E-state index contributed by atoms with van der Waals surface area (Å²) in [5, 5.41) is 3.32. The molecule has 2 rings (SSSR count). The molecule has 0 aromatic heterocycles. The molecule has 9 heavy (non-hydrogen) atoms. The van der Waals surface area contributed by atoms with Crippen LogP contribution in [0, 0.1) is 23.7 Å². The van der Waals surface area contributed by atoms with Crippen LogP contribution in [-0.2, 0) is 0 Å². The Labute approximate surface area is 56.8 Å². The van der Waals surface area contributed by atoms with Crippen molar-refractivity contribution in [3.05, 3.63) is 0 Å². The van der Waals surface area contributed by atoms with E-state index in [1.54, 1.807) is 0 Å². The van der Waals surface area contributed by atoms with E-state index < -0.39 is 0 Å². The fourth-order valence-electron chi connectivity index (χ4n) is 2.35. The van der Waals surface area contributed by atoms with Crippen LogP contribution in [0.1, 0.15) is 13.8 Å². The molecule has 1 nitrogen and oxygen atoms in total. The molecule has 1 heteroatoms. The Kier molecular flexibility index (Phi) is 0.963. The van der Waals surface area contributed by atoms with Crippen molar-refractivity contribution in [2.75, 3.05) is 7.05 Å². The van der Waals surface area contributed by atoms with Gasteiger partial charge in [-0.3, -0.25) is 0 Å². The first kappa shape index (κ1) is 5.72. The van der Waals surface area contributed by atoms with E-state index in [-0.39, 0.29) is 0 Å². The summed E-state index contributed by atoms with van der Waals surface area (Å²) in [5.74, 6) is 4.18. The van der Waals surface area contributed by atoms with Crippen molar-refractivity contribution >= 4 is 0 Å². The second-order valence-corrected chi connectivity index (χ2v) is 3.79. The molecule has 2 atom stereocenters. The van der Waals surface area contributed by atoms with Crippen LogP contribution in [0.25, 0.3) is 0 Å². The molecule has 2 unspecified atom stereocenters. The Morgan fingerprint density at radius 2 is 1.78 bits per heavy atom. The van der Waals surface area contributed by atoms with Crippen molar-refractivity contribution < 1.29 is 0 Å². The zero-order chi connectivity index (χ0) is 6.59. The molecule has 0 amide bonds. The zero-order valence-corrected chi connectivity index (χ0v) is 6.39. The van der Waals surface area contributed by atoms with Crippen LogP contribution in [0.2, 0.25) is 0 Å². The molecule has 0 heterocycles. The lowest BCUT2D eigenvalue weighted by Crippen LogP contribution is -2.23. The highest BCUT2D eigenvalue weighted by Gasteiger charge is 2.72. The number of hydrogen-bond acceptors (Lipinski definition) is 1. The lowest BCUT2D eigenvalue weighted by molar-refractivity contribution is 0.396. The average molecular weight is 125 g/mol. The minimum atomic E-state index is 0.914. The van der Waals surface area contributed by atoms with Crippen LogP contribution in [0.15, 0.2) is 0 Å². The fourth-order valence-corrected chi connectivity index (χ4v) is 2.35. The van der Waals surface area contributed by atoms with Gasteiger partial charge in [0, 0.05) is 6.04 Å². The number of fused-ring (bicyclic) bond motifs is 1. The van der Waals surface area contributed by atoms with E-state index in [1.165, 1.54) is 0 Å². The molecular formula is C8H15N. The van der Waals surface area contributed by atoms with Gasteiger partial charge < -0.3 is 5.32 Å². The summed E-state index contributed by atoms with van der Waals surface area (Å²) < 4.78 is 0. The summed E-state index contributed by atoms with van der Waals surface area (Å²) in [4.78, 5) is 0. The lowest BCUT2D eigenvalue weighted by Gasteiger charge is -2.12. The molecule has 2 aliphatic rings. The summed E-state index contributed by atoms with van der Waals surface area (Å²) in [6.07, 6.45) is 0. The van der Waals surface area contributed by atoms with E-state index in [0.29, 0.717) is 0 Å². The van der Waals surface area contributed by atoms with Gasteiger partial charge in [-0.25, -0.2) is 0 Å². The van der Waals surface area contributed by atoms with Gasteiger partial charge in [-0.05, 0) is 30.7 Å². The third kappa shape index (κ3) is 0.586. The molecule has 0 aliphatic heterocycles. The molecule has 1 N–H and O–H groups in total. The third-order valence-electron chi connectivity index (χ3n) is 2.98. The normalized spacial score (nSPS) is 53.3. The molecule has 0 spiro atoms. The predicted octanol–water partition coefficient (Wildman–Crippen LogP) is 1.11. The Balaban J connectivity index is 1.80. The summed E-state index contributed by atoms with van der Waals surface area (Å²) in [7, 11) is 2.08. The Morgan fingerprint density at radius 3 is 2.11 bits per heavy atom. The van der Waals surface area contributed by atoms with Crippen LogP contribution in [0.3, 0.4) is 0 Å². The van der Waals surface area contributed by atoms with Crippen LogP contribution in [-0.4, -0.2) is 13.1 Å². The second-order valence-electron chi connectivity index (χ2n) is 3.79. The van der Waals surface area contributed by atoms with Gasteiger partial charge in [-0.2, -0.15) is 0 Å². The van der Waals surface area contributed by atoms with Gasteiger partial charge in [0.25, 0.3) is 0 Å². The third-order valence-corrected chi connectivity index (χ3v) is 2.98. The van der Waals surface area contributed by atoms with E-state index in [2.05, 4.69) is 26.2 Å². The first-order valence-electron chi connectivity index (χ1n) is 3.94. The molecule has 0 aromatic rings. The number of rotatable bonds is 2.